The lowest BCUT2D eigenvalue weighted by molar-refractivity contribution is 0.0949. The molecule has 4 nitrogen and oxygen atoms in total. The molecule has 0 radical (unpaired) electrons. The van der Waals surface area contributed by atoms with Gasteiger partial charge in [-0.15, -0.1) is 0 Å². The number of carbonyl (C=O) groups excluding carboxylic acids is 1. The highest BCUT2D eigenvalue weighted by Gasteiger charge is 2.16. The molecule has 0 aliphatic rings. The number of hydrogen-bond donors (Lipinski definition) is 2. The van der Waals surface area contributed by atoms with Crippen LogP contribution in [-0.4, -0.2) is 10.9 Å². The summed E-state index contributed by atoms with van der Waals surface area (Å²) in [5, 5.41) is 5.96. The van der Waals surface area contributed by atoms with Crippen LogP contribution in [0.25, 0.3) is 0 Å². The normalized spacial score (nSPS) is 10.8. The molecular formula is C23H23F2N3O. The predicted octanol–water partition coefficient (Wildman–Crippen LogP) is 5.47. The first kappa shape index (κ1) is 20.5. The molecule has 3 aromatic rings. The molecule has 1 heterocycles. The number of hydrogen-bond acceptors (Lipinski definition) is 3. The van der Waals surface area contributed by atoms with Gasteiger partial charge in [0, 0.05) is 24.0 Å². The van der Waals surface area contributed by atoms with E-state index in [1.54, 1.807) is 31.2 Å². The highest BCUT2D eigenvalue weighted by atomic mass is 19.1. The van der Waals surface area contributed by atoms with Crippen molar-refractivity contribution in [2.24, 2.45) is 0 Å². The quantitative estimate of drug-likeness (QED) is 0.582. The number of benzene rings is 2. The van der Waals surface area contributed by atoms with Crippen molar-refractivity contribution in [3.63, 3.8) is 0 Å². The van der Waals surface area contributed by atoms with Crippen molar-refractivity contribution in [1.29, 1.82) is 0 Å². The van der Waals surface area contributed by atoms with E-state index in [1.807, 2.05) is 19.9 Å². The van der Waals surface area contributed by atoms with E-state index in [0.717, 1.165) is 11.1 Å². The number of rotatable bonds is 6. The summed E-state index contributed by atoms with van der Waals surface area (Å²) in [6, 6.07) is 12.6. The lowest BCUT2D eigenvalue weighted by atomic mass is 9.98. The maximum Gasteiger partial charge on any atom is 0.253 e. The van der Waals surface area contributed by atoms with E-state index in [4.69, 9.17) is 0 Å². The molecule has 0 aliphatic carbocycles. The standard InChI is InChI=1S/C23H23F2N3O/c1-14(2)18-11-22(28-21-6-4-5-20(25)15(21)3)26-13-19(18)23(29)27-12-16-7-9-17(24)10-8-16/h4-11,13-14H,12H2,1-3H3,(H,26,28)(H,27,29). The largest absolute Gasteiger partial charge is 0.348 e. The van der Waals surface area contributed by atoms with Gasteiger partial charge in [0.05, 0.1) is 5.56 Å². The molecule has 1 aromatic heterocycles. The van der Waals surface area contributed by atoms with E-state index < -0.39 is 0 Å². The minimum Gasteiger partial charge on any atom is -0.348 e. The molecule has 0 atom stereocenters. The number of carbonyl (C=O) groups is 1. The van der Waals surface area contributed by atoms with Crippen molar-refractivity contribution in [2.75, 3.05) is 5.32 Å². The second-order valence-corrected chi connectivity index (χ2v) is 7.16. The van der Waals surface area contributed by atoms with Gasteiger partial charge in [0.25, 0.3) is 5.91 Å². The summed E-state index contributed by atoms with van der Waals surface area (Å²) in [5.74, 6) is -0.242. The summed E-state index contributed by atoms with van der Waals surface area (Å²) >= 11 is 0. The van der Waals surface area contributed by atoms with Crippen molar-refractivity contribution in [3.05, 3.63) is 88.6 Å². The van der Waals surface area contributed by atoms with Crippen LogP contribution in [0.5, 0.6) is 0 Å². The van der Waals surface area contributed by atoms with Crippen LogP contribution in [-0.2, 0) is 6.54 Å². The summed E-state index contributed by atoms with van der Waals surface area (Å²) in [6.07, 6.45) is 1.52. The number of nitrogens with zero attached hydrogens (tertiary/aromatic N) is 1. The maximum atomic E-state index is 13.8. The smallest absolute Gasteiger partial charge is 0.253 e. The molecule has 0 spiro atoms. The number of anilines is 2. The lowest BCUT2D eigenvalue weighted by Gasteiger charge is -2.16. The van der Waals surface area contributed by atoms with Crippen LogP contribution in [0.2, 0.25) is 0 Å². The molecule has 0 saturated carbocycles. The third kappa shape index (κ3) is 4.96. The number of nitrogens with one attached hydrogen (secondary N) is 2. The molecular weight excluding hydrogens is 372 g/mol. The van der Waals surface area contributed by atoms with Gasteiger partial charge in [-0.25, -0.2) is 13.8 Å². The number of amides is 1. The monoisotopic (exact) mass is 395 g/mol. The molecule has 150 valence electrons. The Bertz CT molecular complexity index is 1020. The van der Waals surface area contributed by atoms with Crippen LogP contribution in [0.1, 0.15) is 46.8 Å². The summed E-state index contributed by atoms with van der Waals surface area (Å²) in [5.41, 5.74) is 3.23. The highest BCUT2D eigenvalue weighted by molar-refractivity contribution is 5.95. The lowest BCUT2D eigenvalue weighted by Crippen LogP contribution is -2.24. The summed E-state index contributed by atoms with van der Waals surface area (Å²) in [4.78, 5) is 17.0. The third-order valence-corrected chi connectivity index (χ3v) is 4.70. The Kier molecular flexibility index (Phi) is 6.22. The van der Waals surface area contributed by atoms with Crippen LogP contribution in [0.4, 0.5) is 20.3 Å². The van der Waals surface area contributed by atoms with Crippen molar-refractivity contribution in [2.45, 2.75) is 33.2 Å². The molecule has 2 N–H and O–H groups in total. The molecule has 29 heavy (non-hydrogen) atoms. The average Bonchev–Trinajstić information content (AvgIpc) is 2.70. The Labute approximate surface area is 169 Å². The van der Waals surface area contributed by atoms with Crippen molar-refractivity contribution >= 4 is 17.4 Å². The Morgan fingerprint density at radius 3 is 2.52 bits per heavy atom. The molecule has 2 aromatic carbocycles. The van der Waals surface area contributed by atoms with Crippen molar-refractivity contribution < 1.29 is 13.6 Å². The van der Waals surface area contributed by atoms with Gasteiger partial charge < -0.3 is 10.6 Å². The summed E-state index contributed by atoms with van der Waals surface area (Å²) in [7, 11) is 0. The predicted molar refractivity (Wildman–Crippen MR) is 110 cm³/mol. The van der Waals surface area contributed by atoms with Gasteiger partial charge in [-0.1, -0.05) is 32.0 Å². The molecule has 0 saturated heterocycles. The van der Waals surface area contributed by atoms with E-state index in [1.165, 1.54) is 24.4 Å². The second kappa shape index (κ2) is 8.82. The Morgan fingerprint density at radius 1 is 1.10 bits per heavy atom. The Hall–Kier alpha value is -3.28. The minimum absolute atomic E-state index is 0.0822. The van der Waals surface area contributed by atoms with Crippen LogP contribution in [0.3, 0.4) is 0 Å². The molecule has 0 fully saturated rings. The maximum absolute atomic E-state index is 13.8. The number of halogens is 2. The topological polar surface area (TPSA) is 54.0 Å². The van der Waals surface area contributed by atoms with Crippen LogP contribution < -0.4 is 10.6 Å². The van der Waals surface area contributed by atoms with E-state index in [0.29, 0.717) is 29.2 Å². The molecule has 3 rings (SSSR count). The fourth-order valence-electron chi connectivity index (χ4n) is 2.97. The molecule has 6 heteroatoms. The van der Waals surface area contributed by atoms with Crippen LogP contribution >= 0.6 is 0 Å². The Morgan fingerprint density at radius 2 is 1.83 bits per heavy atom. The fourth-order valence-corrected chi connectivity index (χ4v) is 2.97. The number of pyridine rings is 1. The zero-order chi connectivity index (χ0) is 21.0. The average molecular weight is 395 g/mol. The first-order chi connectivity index (χ1) is 13.8. The van der Waals surface area contributed by atoms with E-state index in [-0.39, 0.29) is 23.5 Å². The van der Waals surface area contributed by atoms with Crippen molar-refractivity contribution in [3.8, 4) is 0 Å². The van der Waals surface area contributed by atoms with Gasteiger partial charge in [0.2, 0.25) is 0 Å². The first-order valence-corrected chi connectivity index (χ1v) is 9.40. The molecule has 0 bridgehead atoms. The zero-order valence-electron chi connectivity index (χ0n) is 16.6. The van der Waals surface area contributed by atoms with Crippen LogP contribution in [0, 0.1) is 18.6 Å². The van der Waals surface area contributed by atoms with Crippen molar-refractivity contribution in [1.82, 2.24) is 10.3 Å². The first-order valence-electron chi connectivity index (χ1n) is 9.40. The van der Waals surface area contributed by atoms with Gasteiger partial charge in [-0.05, 0) is 54.3 Å². The summed E-state index contributed by atoms with van der Waals surface area (Å²) in [6.45, 7) is 5.96. The fraction of sp³-hybridized carbons (Fsp3) is 0.217. The second-order valence-electron chi connectivity index (χ2n) is 7.16. The molecule has 0 unspecified atom stereocenters. The van der Waals surface area contributed by atoms with Gasteiger partial charge in [-0.3, -0.25) is 4.79 Å². The summed E-state index contributed by atoms with van der Waals surface area (Å²) < 4.78 is 26.8. The third-order valence-electron chi connectivity index (χ3n) is 4.70. The van der Waals surface area contributed by atoms with Crippen LogP contribution in [0.15, 0.2) is 54.7 Å². The van der Waals surface area contributed by atoms with E-state index >= 15 is 0 Å². The molecule has 1 amide bonds. The van der Waals surface area contributed by atoms with Gasteiger partial charge >= 0.3 is 0 Å². The number of aromatic nitrogens is 1. The van der Waals surface area contributed by atoms with E-state index in [9.17, 15) is 13.6 Å². The zero-order valence-corrected chi connectivity index (χ0v) is 16.6. The van der Waals surface area contributed by atoms with Gasteiger partial charge in [0.15, 0.2) is 0 Å². The van der Waals surface area contributed by atoms with Gasteiger partial charge in [0.1, 0.15) is 17.5 Å². The van der Waals surface area contributed by atoms with Gasteiger partial charge in [-0.2, -0.15) is 0 Å². The SMILES string of the molecule is Cc1c(F)cccc1Nc1cc(C(C)C)c(C(=O)NCc2ccc(F)cc2)cn1. The molecule has 0 aliphatic heterocycles. The highest BCUT2D eigenvalue weighted by Crippen LogP contribution is 2.26. The minimum atomic E-state index is -0.317. The van der Waals surface area contributed by atoms with E-state index in [2.05, 4.69) is 15.6 Å². The Balaban J connectivity index is 1.79.